The first-order valence-corrected chi connectivity index (χ1v) is 4.66. The van der Waals surface area contributed by atoms with Crippen molar-refractivity contribution in [2.45, 2.75) is 19.3 Å². The van der Waals surface area contributed by atoms with Crippen LogP contribution in [0.1, 0.15) is 19.3 Å². The quantitative estimate of drug-likeness (QED) is 0.600. The van der Waals surface area contributed by atoms with Crippen molar-refractivity contribution < 1.29 is 19.5 Å². The summed E-state index contributed by atoms with van der Waals surface area (Å²) in [7, 11) is 0. The number of aliphatic carboxylic acids is 1. The zero-order valence-electron chi connectivity index (χ0n) is 7.59. The Kier molecular flexibility index (Phi) is 6.74. The number of rotatable bonds is 7. The van der Waals surface area contributed by atoms with E-state index in [1.807, 2.05) is 0 Å². The van der Waals surface area contributed by atoms with Crippen LogP contribution >= 0.6 is 11.6 Å². The Balaban J connectivity index is 3.53. The third kappa shape index (κ3) is 7.54. The van der Waals surface area contributed by atoms with Crippen LogP contribution in [0, 0.1) is 0 Å². The summed E-state index contributed by atoms with van der Waals surface area (Å²) in [5.41, 5.74) is 0. The summed E-state index contributed by atoms with van der Waals surface area (Å²) in [4.78, 5) is 31.9. The van der Waals surface area contributed by atoms with Gasteiger partial charge in [-0.25, -0.2) is 0 Å². The first kappa shape index (κ1) is 12.9. The van der Waals surface area contributed by atoms with Gasteiger partial charge in [0.05, 0.1) is 13.0 Å². The molecule has 0 unspecified atom stereocenters. The summed E-state index contributed by atoms with van der Waals surface area (Å²) in [5.74, 6) is -1.42. The molecule has 0 aromatic heterocycles. The van der Waals surface area contributed by atoms with E-state index >= 15 is 0 Å². The van der Waals surface area contributed by atoms with Crippen molar-refractivity contribution in [3.8, 4) is 0 Å². The molecule has 5 nitrogen and oxygen atoms in total. The number of hydrogen-bond acceptors (Lipinski definition) is 3. The minimum Gasteiger partial charge on any atom is -0.481 e. The number of halogens is 1. The maximum absolute atomic E-state index is 10.9. The molecule has 0 aliphatic carbocycles. The molecule has 0 radical (unpaired) electrons. The van der Waals surface area contributed by atoms with Gasteiger partial charge in [0.15, 0.2) is 5.78 Å². The lowest BCUT2D eigenvalue weighted by molar-refractivity contribution is -0.138. The number of Topliss-reactive ketones (excluding diaryl/α,β-unsaturated/α-hetero) is 1. The highest BCUT2D eigenvalue weighted by molar-refractivity contribution is 6.18. The monoisotopic (exact) mass is 221 g/mol. The molecule has 0 saturated carbocycles. The minimum atomic E-state index is -1.02. The molecule has 0 atom stereocenters. The molecule has 1 amide bonds. The van der Waals surface area contributed by atoms with Crippen molar-refractivity contribution in [3.05, 3.63) is 0 Å². The Morgan fingerprint density at radius 2 is 1.79 bits per heavy atom. The van der Waals surface area contributed by atoms with Crippen LogP contribution in [0.5, 0.6) is 0 Å². The number of carbonyl (C=O) groups is 3. The van der Waals surface area contributed by atoms with Crippen molar-refractivity contribution in [3.63, 3.8) is 0 Å². The maximum Gasteiger partial charge on any atom is 0.303 e. The van der Waals surface area contributed by atoms with Gasteiger partial charge in [-0.2, -0.15) is 0 Å². The molecule has 6 heteroatoms. The molecule has 0 aliphatic rings. The first-order chi connectivity index (χ1) is 6.56. The third-order valence-corrected chi connectivity index (χ3v) is 1.61. The normalized spacial score (nSPS) is 9.50. The molecule has 2 N–H and O–H groups in total. The van der Waals surface area contributed by atoms with Crippen molar-refractivity contribution in [1.29, 1.82) is 0 Å². The zero-order chi connectivity index (χ0) is 11.0. The predicted molar refractivity (Wildman–Crippen MR) is 50.2 cm³/mol. The Bertz CT molecular complexity index is 229. The molecule has 0 fully saturated rings. The van der Waals surface area contributed by atoms with Gasteiger partial charge in [-0.1, -0.05) is 0 Å². The SMILES string of the molecule is O=C(O)CCC(=O)CNC(=O)CCCl. The van der Waals surface area contributed by atoms with E-state index in [9.17, 15) is 14.4 Å². The average molecular weight is 222 g/mol. The van der Waals surface area contributed by atoms with Crippen LogP contribution in [0.25, 0.3) is 0 Å². The van der Waals surface area contributed by atoms with E-state index in [-0.39, 0.29) is 43.4 Å². The summed E-state index contributed by atoms with van der Waals surface area (Å²) < 4.78 is 0. The molecule has 0 aliphatic heterocycles. The molecule has 80 valence electrons. The summed E-state index contributed by atoms with van der Waals surface area (Å²) >= 11 is 5.29. The van der Waals surface area contributed by atoms with Crippen LogP contribution in [-0.4, -0.2) is 35.2 Å². The number of carboxylic acid groups (broad SMARTS) is 1. The predicted octanol–water partition coefficient (Wildman–Crippen LogP) is 0.165. The van der Waals surface area contributed by atoms with Crippen molar-refractivity contribution in [2.75, 3.05) is 12.4 Å². The van der Waals surface area contributed by atoms with Gasteiger partial charge in [-0.15, -0.1) is 11.6 Å². The maximum atomic E-state index is 10.9. The number of hydrogen-bond donors (Lipinski definition) is 2. The largest absolute Gasteiger partial charge is 0.481 e. The Hall–Kier alpha value is -1.10. The van der Waals surface area contributed by atoms with Gasteiger partial charge in [0, 0.05) is 18.7 Å². The number of nitrogens with one attached hydrogen (secondary N) is 1. The smallest absolute Gasteiger partial charge is 0.303 e. The van der Waals surface area contributed by atoms with Crippen LogP contribution in [0.4, 0.5) is 0 Å². The van der Waals surface area contributed by atoms with Gasteiger partial charge in [0.25, 0.3) is 0 Å². The summed E-state index contributed by atoms with van der Waals surface area (Å²) in [5, 5.41) is 10.6. The van der Waals surface area contributed by atoms with Crippen LogP contribution in [0.2, 0.25) is 0 Å². The van der Waals surface area contributed by atoms with Crippen LogP contribution in [-0.2, 0) is 14.4 Å². The van der Waals surface area contributed by atoms with Crippen LogP contribution in [0.15, 0.2) is 0 Å². The molecule has 0 spiro atoms. The first-order valence-electron chi connectivity index (χ1n) is 4.12. The van der Waals surface area contributed by atoms with E-state index in [0.29, 0.717) is 0 Å². The highest BCUT2D eigenvalue weighted by Gasteiger charge is 2.07. The van der Waals surface area contributed by atoms with E-state index in [2.05, 4.69) is 5.32 Å². The Morgan fingerprint density at radius 3 is 2.29 bits per heavy atom. The molecule has 0 bridgehead atoms. The fourth-order valence-electron chi connectivity index (χ4n) is 0.706. The highest BCUT2D eigenvalue weighted by atomic mass is 35.5. The second-order valence-electron chi connectivity index (χ2n) is 2.65. The van der Waals surface area contributed by atoms with Gasteiger partial charge >= 0.3 is 5.97 Å². The van der Waals surface area contributed by atoms with Gasteiger partial charge in [0.1, 0.15) is 0 Å². The number of carboxylic acids is 1. The van der Waals surface area contributed by atoms with E-state index in [1.54, 1.807) is 0 Å². The molecule has 0 rings (SSSR count). The minimum absolute atomic E-state index is 0.0590. The number of alkyl halides is 1. The van der Waals surface area contributed by atoms with E-state index in [4.69, 9.17) is 16.7 Å². The second kappa shape index (κ2) is 7.32. The molecule has 0 saturated heterocycles. The lowest BCUT2D eigenvalue weighted by Crippen LogP contribution is -2.29. The van der Waals surface area contributed by atoms with Gasteiger partial charge in [0.2, 0.25) is 5.91 Å². The highest BCUT2D eigenvalue weighted by Crippen LogP contribution is 1.90. The average Bonchev–Trinajstić information content (AvgIpc) is 2.12. The third-order valence-electron chi connectivity index (χ3n) is 1.42. The molecule has 0 aromatic rings. The van der Waals surface area contributed by atoms with E-state index in [0.717, 1.165) is 0 Å². The number of carbonyl (C=O) groups excluding carboxylic acids is 2. The van der Waals surface area contributed by atoms with E-state index in [1.165, 1.54) is 0 Å². The second-order valence-corrected chi connectivity index (χ2v) is 3.03. The Morgan fingerprint density at radius 1 is 1.14 bits per heavy atom. The van der Waals surface area contributed by atoms with Gasteiger partial charge in [-0.05, 0) is 0 Å². The molecular weight excluding hydrogens is 210 g/mol. The topological polar surface area (TPSA) is 83.5 Å². The molecular formula is C8H12ClNO4. The van der Waals surface area contributed by atoms with Crippen molar-refractivity contribution >= 4 is 29.3 Å². The number of amides is 1. The molecule has 14 heavy (non-hydrogen) atoms. The summed E-state index contributed by atoms with van der Waals surface area (Å²) in [6.45, 7) is -0.122. The van der Waals surface area contributed by atoms with Crippen LogP contribution < -0.4 is 5.32 Å². The lowest BCUT2D eigenvalue weighted by atomic mass is 10.2. The van der Waals surface area contributed by atoms with Crippen molar-refractivity contribution in [2.24, 2.45) is 0 Å². The molecule has 0 heterocycles. The zero-order valence-corrected chi connectivity index (χ0v) is 8.34. The fraction of sp³-hybridized carbons (Fsp3) is 0.625. The van der Waals surface area contributed by atoms with Gasteiger partial charge in [-0.3, -0.25) is 14.4 Å². The van der Waals surface area contributed by atoms with E-state index < -0.39 is 5.97 Å². The Labute approximate surface area is 86.4 Å². The van der Waals surface area contributed by atoms with Crippen molar-refractivity contribution in [1.82, 2.24) is 5.32 Å². The standard InChI is InChI=1S/C8H12ClNO4/c9-4-3-7(12)10-5-6(11)1-2-8(13)14/h1-5H2,(H,10,12)(H,13,14). The molecule has 0 aromatic carbocycles. The summed E-state index contributed by atoms with van der Waals surface area (Å²) in [6, 6.07) is 0. The fourth-order valence-corrected chi connectivity index (χ4v) is 0.878. The lowest BCUT2D eigenvalue weighted by Gasteiger charge is -2.01. The summed E-state index contributed by atoms with van der Waals surface area (Å²) in [6.07, 6.45) is -0.103. The van der Waals surface area contributed by atoms with Crippen LogP contribution in [0.3, 0.4) is 0 Å². The van der Waals surface area contributed by atoms with Gasteiger partial charge < -0.3 is 10.4 Å². The number of ketones is 1.